The molecule has 2 saturated carbocycles. The third-order valence-corrected chi connectivity index (χ3v) is 4.81. The van der Waals surface area contributed by atoms with Crippen LogP contribution < -0.4 is 5.32 Å². The second-order valence-electron chi connectivity index (χ2n) is 6.20. The standard InChI is InChI=1S/C14H24N2O/c1-3-9(2)12-14(17)16(8-15-12)13(10-4-5-10)11-6-7-11/h9-13,15H,3-8H2,1-2H3. The van der Waals surface area contributed by atoms with Crippen LogP contribution in [-0.4, -0.2) is 29.6 Å². The molecule has 0 spiro atoms. The molecule has 3 nitrogen and oxygen atoms in total. The van der Waals surface area contributed by atoms with Crippen LogP contribution in [0.25, 0.3) is 0 Å². The van der Waals surface area contributed by atoms with Gasteiger partial charge in [0.05, 0.1) is 12.7 Å². The first kappa shape index (κ1) is 11.5. The number of carbonyl (C=O) groups is 1. The van der Waals surface area contributed by atoms with Gasteiger partial charge in [-0.3, -0.25) is 10.1 Å². The molecule has 0 radical (unpaired) electrons. The molecule has 3 rings (SSSR count). The molecule has 1 amide bonds. The van der Waals surface area contributed by atoms with Crippen LogP contribution >= 0.6 is 0 Å². The number of hydrogen-bond acceptors (Lipinski definition) is 2. The van der Waals surface area contributed by atoms with E-state index in [4.69, 9.17) is 0 Å². The molecule has 1 saturated heterocycles. The summed E-state index contributed by atoms with van der Waals surface area (Å²) in [6, 6.07) is 0.657. The van der Waals surface area contributed by atoms with Gasteiger partial charge in [-0.15, -0.1) is 0 Å². The fraction of sp³-hybridized carbons (Fsp3) is 0.929. The average molecular weight is 236 g/mol. The van der Waals surface area contributed by atoms with Crippen molar-refractivity contribution in [3.05, 3.63) is 0 Å². The Bertz CT molecular complexity index is 297. The lowest BCUT2D eigenvalue weighted by Crippen LogP contribution is -2.42. The van der Waals surface area contributed by atoms with Gasteiger partial charge < -0.3 is 4.90 Å². The topological polar surface area (TPSA) is 32.3 Å². The van der Waals surface area contributed by atoms with Crippen LogP contribution in [0.15, 0.2) is 0 Å². The Kier molecular flexibility index (Phi) is 2.89. The zero-order valence-corrected chi connectivity index (χ0v) is 11.0. The highest BCUT2D eigenvalue weighted by Gasteiger charge is 2.49. The Morgan fingerprint density at radius 3 is 2.35 bits per heavy atom. The van der Waals surface area contributed by atoms with Gasteiger partial charge in [0.2, 0.25) is 5.91 Å². The van der Waals surface area contributed by atoms with E-state index in [9.17, 15) is 4.79 Å². The first-order valence-corrected chi connectivity index (χ1v) is 7.26. The minimum atomic E-state index is 0.0833. The first-order valence-electron chi connectivity index (χ1n) is 7.26. The third kappa shape index (κ3) is 2.10. The summed E-state index contributed by atoms with van der Waals surface area (Å²) in [5.41, 5.74) is 0. The summed E-state index contributed by atoms with van der Waals surface area (Å²) in [5, 5.41) is 3.43. The van der Waals surface area contributed by atoms with Gasteiger partial charge in [-0.1, -0.05) is 20.3 Å². The molecule has 0 aromatic heterocycles. The Morgan fingerprint density at radius 2 is 1.88 bits per heavy atom. The molecule has 3 aliphatic rings. The molecule has 96 valence electrons. The Balaban J connectivity index is 1.69. The molecule has 1 heterocycles. The number of nitrogens with zero attached hydrogens (tertiary/aromatic N) is 1. The Labute approximate surface area is 104 Å². The fourth-order valence-electron chi connectivity index (χ4n) is 3.24. The highest BCUT2D eigenvalue weighted by Crippen LogP contribution is 2.47. The quantitative estimate of drug-likeness (QED) is 0.791. The maximum Gasteiger partial charge on any atom is 0.241 e. The van der Waals surface area contributed by atoms with Crippen molar-refractivity contribution in [2.45, 2.75) is 58.0 Å². The van der Waals surface area contributed by atoms with E-state index in [1.165, 1.54) is 25.7 Å². The van der Waals surface area contributed by atoms with Crippen molar-refractivity contribution in [2.24, 2.45) is 17.8 Å². The van der Waals surface area contributed by atoms with Gasteiger partial charge in [0.15, 0.2) is 0 Å². The number of nitrogens with one attached hydrogen (secondary N) is 1. The van der Waals surface area contributed by atoms with Crippen molar-refractivity contribution in [1.29, 1.82) is 0 Å². The van der Waals surface area contributed by atoms with E-state index >= 15 is 0 Å². The van der Waals surface area contributed by atoms with E-state index in [1.54, 1.807) is 0 Å². The number of hydrogen-bond donors (Lipinski definition) is 1. The van der Waals surface area contributed by atoms with Crippen LogP contribution in [0.3, 0.4) is 0 Å². The van der Waals surface area contributed by atoms with Crippen molar-refractivity contribution in [3.8, 4) is 0 Å². The van der Waals surface area contributed by atoms with Crippen molar-refractivity contribution < 1.29 is 4.79 Å². The van der Waals surface area contributed by atoms with Gasteiger partial charge in [-0.2, -0.15) is 0 Å². The lowest BCUT2D eigenvalue weighted by atomic mass is 9.98. The van der Waals surface area contributed by atoms with Gasteiger partial charge in [0.1, 0.15) is 0 Å². The maximum absolute atomic E-state index is 12.5. The second-order valence-corrected chi connectivity index (χ2v) is 6.20. The van der Waals surface area contributed by atoms with E-state index < -0.39 is 0 Å². The van der Waals surface area contributed by atoms with Crippen molar-refractivity contribution in [2.75, 3.05) is 6.67 Å². The maximum atomic E-state index is 12.5. The van der Waals surface area contributed by atoms with Crippen molar-refractivity contribution in [1.82, 2.24) is 10.2 Å². The monoisotopic (exact) mass is 236 g/mol. The average Bonchev–Trinajstić information content (AvgIpc) is 3.21. The first-order chi connectivity index (χ1) is 8.22. The largest absolute Gasteiger partial charge is 0.325 e. The molecule has 0 aromatic carbocycles. The Hall–Kier alpha value is -0.570. The molecule has 1 aliphatic heterocycles. The van der Waals surface area contributed by atoms with Crippen LogP contribution in [-0.2, 0) is 4.79 Å². The molecular weight excluding hydrogens is 212 g/mol. The molecule has 2 aliphatic carbocycles. The minimum absolute atomic E-state index is 0.0833. The summed E-state index contributed by atoms with van der Waals surface area (Å²) >= 11 is 0. The summed E-state index contributed by atoms with van der Waals surface area (Å²) in [4.78, 5) is 14.6. The lowest BCUT2D eigenvalue weighted by Gasteiger charge is -2.28. The summed E-state index contributed by atoms with van der Waals surface area (Å²) in [7, 11) is 0. The van der Waals surface area contributed by atoms with E-state index in [2.05, 4.69) is 24.1 Å². The predicted molar refractivity (Wildman–Crippen MR) is 67.3 cm³/mol. The van der Waals surface area contributed by atoms with Gasteiger partial charge in [-0.05, 0) is 43.4 Å². The van der Waals surface area contributed by atoms with Crippen LogP contribution in [0.4, 0.5) is 0 Å². The van der Waals surface area contributed by atoms with Gasteiger partial charge in [0.25, 0.3) is 0 Å². The zero-order chi connectivity index (χ0) is 12.0. The summed E-state index contributed by atoms with van der Waals surface area (Å²) < 4.78 is 0. The summed E-state index contributed by atoms with van der Waals surface area (Å²) in [5.74, 6) is 2.49. The van der Waals surface area contributed by atoms with Gasteiger partial charge in [0, 0.05) is 6.04 Å². The molecule has 1 N–H and O–H groups in total. The highest BCUT2D eigenvalue weighted by atomic mass is 16.2. The van der Waals surface area contributed by atoms with E-state index in [0.29, 0.717) is 17.9 Å². The second kappa shape index (κ2) is 4.27. The molecule has 3 heteroatoms. The van der Waals surface area contributed by atoms with Gasteiger partial charge >= 0.3 is 0 Å². The third-order valence-electron chi connectivity index (χ3n) is 4.81. The van der Waals surface area contributed by atoms with Crippen LogP contribution in [0, 0.1) is 17.8 Å². The molecule has 2 atom stereocenters. The van der Waals surface area contributed by atoms with Crippen molar-refractivity contribution >= 4 is 5.91 Å². The minimum Gasteiger partial charge on any atom is -0.325 e. The predicted octanol–water partition coefficient (Wildman–Crippen LogP) is 1.98. The SMILES string of the molecule is CCC(C)C1NCN(C(C2CC2)C2CC2)C1=O. The summed E-state index contributed by atoms with van der Waals surface area (Å²) in [6.07, 6.45) is 6.46. The fourth-order valence-corrected chi connectivity index (χ4v) is 3.24. The number of carbonyl (C=O) groups excluding carboxylic acids is 1. The highest BCUT2D eigenvalue weighted by molar-refractivity contribution is 5.84. The number of amides is 1. The van der Waals surface area contributed by atoms with E-state index in [0.717, 1.165) is 24.9 Å². The van der Waals surface area contributed by atoms with Crippen LogP contribution in [0.2, 0.25) is 0 Å². The molecular formula is C14H24N2O. The molecule has 0 bridgehead atoms. The lowest BCUT2D eigenvalue weighted by molar-refractivity contribution is -0.132. The normalized spacial score (nSPS) is 31.4. The van der Waals surface area contributed by atoms with Crippen LogP contribution in [0.5, 0.6) is 0 Å². The Morgan fingerprint density at radius 1 is 1.29 bits per heavy atom. The molecule has 0 aromatic rings. The zero-order valence-electron chi connectivity index (χ0n) is 11.0. The molecule has 2 unspecified atom stereocenters. The van der Waals surface area contributed by atoms with E-state index in [1.807, 2.05) is 0 Å². The smallest absolute Gasteiger partial charge is 0.241 e. The number of rotatable bonds is 5. The summed E-state index contributed by atoms with van der Waals surface area (Å²) in [6.45, 7) is 5.15. The van der Waals surface area contributed by atoms with Crippen molar-refractivity contribution in [3.63, 3.8) is 0 Å². The van der Waals surface area contributed by atoms with Gasteiger partial charge in [-0.25, -0.2) is 0 Å². The van der Waals surface area contributed by atoms with E-state index in [-0.39, 0.29) is 6.04 Å². The molecule has 3 fully saturated rings. The molecule has 17 heavy (non-hydrogen) atoms. The van der Waals surface area contributed by atoms with Crippen LogP contribution in [0.1, 0.15) is 46.0 Å².